The number of nitrogens with one attached hydrogen (secondary N) is 2. The van der Waals surface area contributed by atoms with Crippen LogP contribution in [0.5, 0.6) is 0 Å². The summed E-state index contributed by atoms with van der Waals surface area (Å²) in [5, 5.41) is 3.52. The molecule has 0 spiro atoms. The number of aryl methyl sites for hydroxylation is 1. The lowest BCUT2D eigenvalue weighted by Gasteiger charge is -2.25. The number of hydrazine groups is 1. The minimum absolute atomic E-state index is 0.0323. The number of anilines is 2. The van der Waals surface area contributed by atoms with E-state index in [4.69, 9.17) is 23.2 Å². The van der Waals surface area contributed by atoms with Crippen molar-refractivity contribution in [2.45, 2.75) is 11.8 Å². The van der Waals surface area contributed by atoms with Crippen LogP contribution in [-0.2, 0) is 10.0 Å². The van der Waals surface area contributed by atoms with Crippen molar-refractivity contribution in [1.29, 1.82) is 0 Å². The summed E-state index contributed by atoms with van der Waals surface area (Å²) in [6, 6.07) is 18.1. The fourth-order valence-corrected chi connectivity index (χ4v) is 3.99. The molecular weight excluding hydrogens is 433 g/mol. The van der Waals surface area contributed by atoms with E-state index in [-0.39, 0.29) is 10.6 Å². The third-order valence-electron chi connectivity index (χ3n) is 3.93. The molecule has 0 fully saturated rings. The molecule has 0 unspecified atom stereocenters. The molecule has 0 aromatic heterocycles. The Balaban J connectivity index is 1.92. The topological polar surface area (TPSA) is 78.5 Å². The first-order chi connectivity index (χ1) is 13.8. The van der Waals surface area contributed by atoms with Crippen molar-refractivity contribution in [3.05, 3.63) is 88.4 Å². The van der Waals surface area contributed by atoms with Crippen molar-refractivity contribution < 1.29 is 13.2 Å². The maximum Gasteiger partial charge on any atom is 0.338 e. The van der Waals surface area contributed by atoms with Crippen molar-refractivity contribution in [2.75, 3.05) is 9.73 Å². The molecular formula is C20H17Cl2N3O3S. The smallest absolute Gasteiger partial charge is 0.307 e. The number of carbonyl (C=O) groups excluding carboxylic acids is 1. The zero-order valence-corrected chi connectivity index (χ0v) is 17.6. The number of urea groups is 1. The Bertz CT molecular complexity index is 1100. The monoisotopic (exact) mass is 449 g/mol. The van der Waals surface area contributed by atoms with Crippen molar-refractivity contribution in [3.63, 3.8) is 0 Å². The molecule has 3 rings (SSSR count). The number of amides is 2. The Kier molecular flexibility index (Phi) is 6.32. The van der Waals surface area contributed by atoms with Crippen molar-refractivity contribution in [3.8, 4) is 0 Å². The molecule has 3 aromatic carbocycles. The summed E-state index contributed by atoms with van der Waals surface area (Å²) in [6.07, 6.45) is 0. The predicted molar refractivity (Wildman–Crippen MR) is 116 cm³/mol. The van der Waals surface area contributed by atoms with E-state index in [1.54, 1.807) is 36.4 Å². The second kappa shape index (κ2) is 8.73. The first kappa shape index (κ1) is 21.0. The molecule has 29 heavy (non-hydrogen) atoms. The largest absolute Gasteiger partial charge is 0.338 e. The molecule has 6 nitrogen and oxygen atoms in total. The van der Waals surface area contributed by atoms with Gasteiger partial charge in [0.05, 0.1) is 10.6 Å². The fourth-order valence-electron chi connectivity index (χ4n) is 2.44. The summed E-state index contributed by atoms with van der Waals surface area (Å²) >= 11 is 11.7. The highest BCUT2D eigenvalue weighted by Gasteiger charge is 2.27. The number of benzene rings is 3. The van der Waals surface area contributed by atoms with Gasteiger partial charge in [0, 0.05) is 15.7 Å². The molecule has 3 aromatic rings. The third-order valence-corrected chi connectivity index (χ3v) is 6.08. The van der Waals surface area contributed by atoms with Crippen molar-refractivity contribution in [2.24, 2.45) is 0 Å². The Morgan fingerprint density at radius 1 is 0.828 bits per heavy atom. The van der Waals surface area contributed by atoms with E-state index in [0.717, 1.165) is 9.98 Å². The van der Waals surface area contributed by atoms with E-state index < -0.39 is 16.1 Å². The van der Waals surface area contributed by atoms with E-state index in [1.165, 1.54) is 36.4 Å². The molecule has 0 heterocycles. The second-order valence-electron chi connectivity index (χ2n) is 6.13. The number of carbonyl (C=O) groups is 1. The van der Waals surface area contributed by atoms with Gasteiger partial charge in [0.25, 0.3) is 10.0 Å². The van der Waals surface area contributed by atoms with Crippen LogP contribution >= 0.6 is 23.2 Å². The van der Waals surface area contributed by atoms with Gasteiger partial charge in [-0.05, 0) is 67.6 Å². The lowest BCUT2D eigenvalue weighted by Crippen LogP contribution is -2.48. The first-order valence-corrected chi connectivity index (χ1v) is 10.7. The third kappa shape index (κ3) is 5.20. The minimum atomic E-state index is -4.08. The highest BCUT2D eigenvalue weighted by Crippen LogP contribution is 2.24. The van der Waals surface area contributed by atoms with Crippen molar-refractivity contribution in [1.82, 2.24) is 5.43 Å². The standard InChI is InChI=1S/C20H17Cl2N3O3S/c1-14-2-12-19(13-3-14)29(27,28)25(18-10-6-16(22)7-11-18)24-20(26)23-17-8-4-15(21)5-9-17/h2-13H,1H3,(H2,23,24,26). The number of hydrogen-bond acceptors (Lipinski definition) is 3. The van der Waals surface area contributed by atoms with Crippen LogP contribution in [0.4, 0.5) is 16.2 Å². The maximum absolute atomic E-state index is 13.2. The summed E-state index contributed by atoms with van der Waals surface area (Å²) < 4.78 is 27.2. The van der Waals surface area contributed by atoms with Crippen LogP contribution < -0.4 is 15.2 Å². The normalized spacial score (nSPS) is 11.0. The predicted octanol–water partition coefficient (Wildman–Crippen LogP) is 5.23. The minimum Gasteiger partial charge on any atom is -0.307 e. The summed E-state index contributed by atoms with van der Waals surface area (Å²) in [5.41, 5.74) is 3.98. The van der Waals surface area contributed by atoms with Crippen LogP contribution in [-0.4, -0.2) is 14.4 Å². The lowest BCUT2D eigenvalue weighted by molar-refractivity contribution is 0.252. The average Bonchev–Trinajstić information content (AvgIpc) is 2.69. The van der Waals surface area contributed by atoms with Gasteiger partial charge in [-0.25, -0.2) is 10.2 Å². The number of halogens is 2. The lowest BCUT2D eigenvalue weighted by atomic mass is 10.2. The SMILES string of the molecule is Cc1ccc(S(=O)(=O)N(NC(=O)Nc2ccc(Cl)cc2)c2ccc(Cl)cc2)cc1. The van der Waals surface area contributed by atoms with Gasteiger partial charge in [-0.2, -0.15) is 12.8 Å². The van der Waals surface area contributed by atoms with Gasteiger partial charge >= 0.3 is 6.03 Å². The molecule has 2 amide bonds. The van der Waals surface area contributed by atoms with Gasteiger partial charge in [-0.15, -0.1) is 0 Å². The second-order valence-corrected chi connectivity index (χ2v) is 8.79. The van der Waals surface area contributed by atoms with Gasteiger partial charge in [-0.1, -0.05) is 40.9 Å². The molecule has 0 aliphatic heterocycles. The Morgan fingerprint density at radius 2 is 1.34 bits per heavy atom. The van der Waals surface area contributed by atoms with Gasteiger partial charge in [0.2, 0.25) is 0 Å². The van der Waals surface area contributed by atoms with Crippen LogP contribution in [0.2, 0.25) is 10.0 Å². The average molecular weight is 450 g/mol. The van der Waals surface area contributed by atoms with E-state index >= 15 is 0 Å². The van der Waals surface area contributed by atoms with Crippen LogP contribution in [0.25, 0.3) is 0 Å². The summed E-state index contributed by atoms with van der Waals surface area (Å²) in [4.78, 5) is 12.5. The van der Waals surface area contributed by atoms with E-state index in [2.05, 4.69) is 10.7 Å². The molecule has 9 heteroatoms. The van der Waals surface area contributed by atoms with Crippen LogP contribution in [0.15, 0.2) is 77.7 Å². The summed E-state index contributed by atoms with van der Waals surface area (Å²) in [7, 11) is -4.08. The number of hydrogen-bond donors (Lipinski definition) is 2. The zero-order chi connectivity index (χ0) is 21.0. The van der Waals surface area contributed by atoms with Crippen LogP contribution in [0, 0.1) is 6.92 Å². The molecule has 0 aliphatic rings. The van der Waals surface area contributed by atoms with E-state index in [0.29, 0.717) is 15.7 Å². The van der Waals surface area contributed by atoms with Crippen molar-refractivity contribution >= 4 is 50.6 Å². The summed E-state index contributed by atoms with van der Waals surface area (Å²) in [6.45, 7) is 1.85. The molecule has 0 radical (unpaired) electrons. The van der Waals surface area contributed by atoms with Gasteiger partial charge in [0.15, 0.2) is 0 Å². The van der Waals surface area contributed by atoms with Gasteiger partial charge in [-0.3, -0.25) is 0 Å². The maximum atomic E-state index is 13.2. The highest BCUT2D eigenvalue weighted by molar-refractivity contribution is 7.92. The Labute approximate surface area is 179 Å². The highest BCUT2D eigenvalue weighted by atomic mass is 35.5. The molecule has 150 valence electrons. The van der Waals surface area contributed by atoms with Gasteiger partial charge < -0.3 is 5.32 Å². The van der Waals surface area contributed by atoms with E-state index in [9.17, 15) is 13.2 Å². The Hall–Kier alpha value is -2.74. The van der Waals surface area contributed by atoms with Crippen LogP contribution in [0.3, 0.4) is 0 Å². The van der Waals surface area contributed by atoms with Crippen LogP contribution in [0.1, 0.15) is 5.56 Å². The van der Waals surface area contributed by atoms with E-state index in [1.807, 2.05) is 6.92 Å². The summed E-state index contributed by atoms with van der Waals surface area (Å²) in [5.74, 6) is 0. The van der Waals surface area contributed by atoms with Gasteiger partial charge in [0.1, 0.15) is 0 Å². The fraction of sp³-hybridized carbons (Fsp3) is 0.0500. The molecule has 0 saturated carbocycles. The molecule has 2 N–H and O–H groups in total. The number of sulfonamides is 1. The molecule has 0 aliphatic carbocycles. The zero-order valence-electron chi connectivity index (χ0n) is 15.3. The number of rotatable bonds is 5. The molecule has 0 bridgehead atoms. The first-order valence-electron chi connectivity index (χ1n) is 8.46. The molecule has 0 atom stereocenters. The number of nitrogens with zero attached hydrogens (tertiary/aromatic N) is 1. The Morgan fingerprint density at radius 3 is 1.90 bits per heavy atom. The molecule has 0 saturated heterocycles. The quantitative estimate of drug-likeness (QED) is 0.523.